The first-order valence-corrected chi connectivity index (χ1v) is 8.16. The molecule has 0 radical (unpaired) electrons. The van der Waals surface area contributed by atoms with Crippen LogP contribution in [-0.2, 0) is 13.0 Å². The first-order valence-electron chi connectivity index (χ1n) is 7.78. The maximum atomic E-state index is 6.42. The molecule has 0 aliphatic rings. The minimum Gasteiger partial charge on any atom is -0.497 e. The van der Waals surface area contributed by atoms with Gasteiger partial charge in [-0.15, -0.1) is 0 Å². The maximum Gasteiger partial charge on any atom is 0.120 e. The number of nitrogens with zero attached hydrogens (tertiary/aromatic N) is 2. The lowest BCUT2D eigenvalue weighted by atomic mass is 10.1. The van der Waals surface area contributed by atoms with Crippen LogP contribution in [0.25, 0.3) is 5.69 Å². The van der Waals surface area contributed by atoms with Crippen LogP contribution >= 0.6 is 11.6 Å². The number of hydrogen-bond donors (Lipinski definition) is 1. The summed E-state index contributed by atoms with van der Waals surface area (Å²) in [6.07, 6.45) is 0.760. The van der Waals surface area contributed by atoms with Crippen LogP contribution in [0.2, 0.25) is 5.02 Å². The third-order valence-electron chi connectivity index (χ3n) is 3.93. The summed E-state index contributed by atoms with van der Waals surface area (Å²) in [4.78, 5) is 0. The molecule has 3 rings (SSSR count). The molecule has 0 atom stereocenters. The van der Waals surface area contributed by atoms with E-state index in [2.05, 4.69) is 36.3 Å². The average molecular weight is 342 g/mol. The highest BCUT2D eigenvalue weighted by Crippen LogP contribution is 2.27. The lowest BCUT2D eigenvalue weighted by Gasteiger charge is -2.11. The molecule has 1 aromatic heterocycles. The lowest BCUT2D eigenvalue weighted by Crippen LogP contribution is -2.05. The van der Waals surface area contributed by atoms with Crippen LogP contribution in [0.5, 0.6) is 5.75 Å². The summed E-state index contributed by atoms with van der Waals surface area (Å²) in [5.74, 6) is 0.718. The summed E-state index contributed by atoms with van der Waals surface area (Å²) in [6.45, 7) is 2.47. The fourth-order valence-corrected chi connectivity index (χ4v) is 2.86. The zero-order valence-electron chi connectivity index (χ0n) is 13.8. The van der Waals surface area contributed by atoms with E-state index < -0.39 is 0 Å². The summed E-state index contributed by atoms with van der Waals surface area (Å²) >= 11 is 6.42. The van der Waals surface area contributed by atoms with Crippen molar-refractivity contribution in [2.75, 3.05) is 7.11 Å². The molecule has 0 aliphatic heterocycles. The maximum absolute atomic E-state index is 6.42. The number of rotatable bonds is 5. The van der Waals surface area contributed by atoms with E-state index in [-0.39, 0.29) is 0 Å². The normalized spacial score (nSPS) is 10.8. The van der Waals surface area contributed by atoms with E-state index >= 15 is 0 Å². The number of nitrogens with two attached hydrogens (primary N) is 1. The van der Waals surface area contributed by atoms with Gasteiger partial charge < -0.3 is 10.5 Å². The molecule has 1 heterocycles. The molecule has 0 bridgehead atoms. The number of halogens is 1. The zero-order chi connectivity index (χ0) is 17.1. The van der Waals surface area contributed by atoms with Gasteiger partial charge >= 0.3 is 0 Å². The Hall–Kier alpha value is -2.30. The minimum atomic E-state index is 0.391. The molecule has 5 heteroatoms. The van der Waals surface area contributed by atoms with Crippen LogP contribution in [0, 0.1) is 6.92 Å². The van der Waals surface area contributed by atoms with E-state index in [9.17, 15) is 0 Å². The molecule has 124 valence electrons. The van der Waals surface area contributed by atoms with Crippen LogP contribution < -0.4 is 10.5 Å². The van der Waals surface area contributed by atoms with Crippen LogP contribution in [-0.4, -0.2) is 16.9 Å². The third kappa shape index (κ3) is 3.45. The van der Waals surface area contributed by atoms with E-state index in [1.165, 1.54) is 11.1 Å². The van der Waals surface area contributed by atoms with Crippen molar-refractivity contribution in [1.29, 1.82) is 0 Å². The van der Waals surface area contributed by atoms with Crippen molar-refractivity contribution < 1.29 is 4.74 Å². The van der Waals surface area contributed by atoms with E-state index in [1.807, 2.05) is 22.9 Å². The van der Waals surface area contributed by atoms with E-state index in [1.54, 1.807) is 13.2 Å². The summed E-state index contributed by atoms with van der Waals surface area (Å²) in [5.41, 5.74) is 10.9. The fraction of sp³-hybridized carbons (Fsp3) is 0.211. The summed E-state index contributed by atoms with van der Waals surface area (Å²) < 4.78 is 7.08. The number of hydrogen-bond acceptors (Lipinski definition) is 3. The zero-order valence-corrected chi connectivity index (χ0v) is 14.5. The molecule has 2 N–H and O–H groups in total. The second-order valence-electron chi connectivity index (χ2n) is 5.72. The van der Waals surface area contributed by atoms with Gasteiger partial charge in [0.15, 0.2) is 0 Å². The first kappa shape index (κ1) is 16.6. The topological polar surface area (TPSA) is 53.1 Å². The third-order valence-corrected chi connectivity index (χ3v) is 4.23. The predicted octanol–water partition coefficient (Wildman–Crippen LogP) is 3.89. The van der Waals surface area contributed by atoms with Gasteiger partial charge in [-0.05, 0) is 30.7 Å². The SMILES string of the molecule is COc1ccc(-n2nc(CN)cc2Cc2ccc(C)cc2)c(Cl)c1. The smallest absolute Gasteiger partial charge is 0.120 e. The molecule has 3 aromatic rings. The van der Waals surface area contributed by atoms with Gasteiger partial charge in [0.1, 0.15) is 5.75 Å². The van der Waals surface area contributed by atoms with Crippen molar-refractivity contribution >= 4 is 11.6 Å². The van der Waals surface area contributed by atoms with Crippen molar-refractivity contribution in [3.63, 3.8) is 0 Å². The molecule has 0 unspecified atom stereocenters. The van der Waals surface area contributed by atoms with Crippen LogP contribution in [0.15, 0.2) is 48.5 Å². The Morgan fingerprint density at radius 3 is 2.50 bits per heavy atom. The van der Waals surface area contributed by atoms with E-state index in [4.69, 9.17) is 22.1 Å². The molecule has 0 saturated heterocycles. The van der Waals surface area contributed by atoms with Crippen molar-refractivity contribution in [3.8, 4) is 11.4 Å². The quantitative estimate of drug-likeness (QED) is 0.766. The molecule has 0 amide bonds. The van der Waals surface area contributed by atoms with Crippen LogP contribution in [0.4, 0.5) is 0 Å². The number of methoxy groups -OCH3 is 1. The molecule has 0 fully saturated rings. The predicted molar refractivity (Wildman–Crippen MR) is 97.0 cm³/mol. The Bertz CT molecular complexity index is 840. The van der Waals surface area contributed by atoms with Gasteiger partial charge in [-0.3, -0.25) is 0 Å². The average Bonchev–Trinajstić information content (AvgIpc) is 2.99. The Labute approximate surface area is 146 Å². The molecule has 0 spiro atoms. The van der Waals surface area contributed by atoms with Crippen molar-refractivity contribution in [2.24, 2.45) is 5.73 Å². The molecule has 0 saturated carbocycles. The molecular weight excluding hydrogens is 322 g/mol. The Morgan fingerprint density at radius 2 is 1.88 bits per heavy atom. The van der Waals surface area contributed by atoms with Gasteiger partial charge in [0.2, 0.25) is 0 Å². The van der Waals surface area contributed by atoms with E-state index in [0.717, 1.165) is 29.2 Å². The molecule has 2 aromatic carbocycles. The molecular formula is C19H20ClN3O. The van der Waals surface area contributed by atoms with E-state index in [0.29, 0.717) is 11.6 Å². The summed E-state index contributed by atoms with van der Waals surface area (Å²) in [6, 6.07) is 16.1. The number of benzene rings is 2. The van der Waals surface area contributed by atoms with Gasteiger partial charge in [0.05, 0.1) is 23.5 Å². The summed E-state index contributed by atoms with van der Waals surface area (Å²) in [7, 11) is 1.62. The second kappa shape index (κ2) is 7.07. The Morgan fingerprint density at radius 1 is 1.12 bits per heavy atom. The standard InChI is InChI=1S/C19H20ClN3O/c1-13-3-5-14(6-4-13)9-16-10-15(12-21)22-23(16)19-8-7-17(24-2)11-18(19)20/h3-8,10-11H,9,12,21H2,1-2H3. The number of aromatic nitrogens is 2. The summed E-state index contributed by atoms with van der Waals surface area (Å²) in [5, 5.41) is 5.18. The van der Waals surface area contributed by atoms with Crippen LogP contribution in [0.1, 0.15) is 22.5 Å². The van der Waals surface area contributed by atoms with Crippen molar-refractivity contribution in [2.45, 2.75) is 19.9 Å². The van der Waals surface area contributed by atoms with Gasteiger partial charge in [0.25, 0.3) is 0 Å². The van der Waals surface area contributed by atoms with Gasteiger partial charge in [-0.2, -0.15) is 5.10 Å². The van der Waals surface area contributed by atoms with Crippen molar-refractivity contribution in [1.82, 2.24) is 9.78 Å². The van der Waals surface area contributed by atoms with Crippen molar-refractivity contribution in [3.05, 3.63) is 76.1 Å². The minimum absolute atomic E-state index is 0.391. The largest absolute Gasteiger partial charge is 0.497 e. The first-order chi connectivity index (χ1) is 11.6. The van der Waals surface area contributed by atoms with Gasteiger partial charge in [-0.1, -0.05) is 41.4 Å². The fourth-order valence-electron chi connectivity index (χ4n) is 2.61. The second-order valence-corrected chi connectivity index (χ2v) is 6.13. The Kier molecular flexibility index (Phi) is 4.88. The monoisotopic (exact) mass is 341 g/mol. The molecule has 4 nitrogen and oxygen atoms in total. The highest BCUT2D eigenvalue weighted by Gasteiger charge is 2.13. The van der Waals surface area contributed by atoms with Gasteiger partial charge in [-0.25, -0.2) is 4.68 Å². The number of ether oxygens (including phenoxy) is 1. The van der Waals surface area contributed by atoms with Gasteiger partial charge in [0, 0.05) is 24.7 Å². The molecule has 0 aliphatic carbocycles. The Balaban J connectivity index is 2.01. The van der Waals surface area contributed by atoms with Crippen LogP contribution in [0.3, 0.4) is 0 Å². The lowest BCUT2D eigenvalue weighted by molar-refractivity contribution is 0.414. The highest BCUT2D eigenvalue weighted by molar-refractivity contribution is 6.32. The highest BCUT2D eigenvalue weighted by atomic mass is 35.5. The number of aryl methyl sites for hydroxylation is 1. The molecule has 24 heavy (non-hydrogen) atoms.